The second kappa shape index (κ2) is 3.69. The molecule has 1 aliphatic heterocycles. The van der Waals surface area contributed by atoms with Gasteiger partial charge in [-0.15, -0.1) is 0 Å². The van der Waals surface area contributed by atoms with Gasteiger partial charge < -0.3 is 10.1 Å². The van der Waals surface area contributed by atoms with E-state index in [1.807, 2.05) is 6.08 Å². The van der Waals surface area contributed by atoms with Gasteiger partial charge in [-0.3, -0.25) is 4.79 Å². The molecule has 0 aromatic heterocycles. The molecular formula is C15H15NO2. The molecule has 0 bridgehead atoms. The minimum Gasteiger partial charge on any atom is -0.376 e. The van der Waals surface area contributed by atoms with Crippen molar-refractivity contribution in [3.63, 3.8) is 0 Å². The number of ether oxygens (including phenoxy) is 1. The third kappa shape index (κ3) is 1.51. The van der Waals surface area contributed by atoms with E-state index in [0.717, 1.165) is 37.0 Å². The molecule has 1 atom stereocenters. The second-order valence-electron chi connectivity index (χ2n) is 5.24. The summed E-state index contributed by atoms with van der Waals surface area (Å²) in [4.78, 5) is 12.1. The summed E-state index contributed by atoms with van der Waals surface area (Å²) < 4.78 is 5.51. The standard InChI is InChI=1S/C15H15NO2/c17-15(16-8-10-2-1-5-18-10)12-4-3-11-13-6-9(13)7-14(11)12/h3-4,7,10H,1-2,5-6,8H2,(H,16,17)/t10-/m0/s1. The average Bonchev–Trinajstić information content (AvgIpc) is 2.81. The molecule has 3 heteroatoms. The molecule has 0 spiro atoms. The summed E-state index contributed by atoms with van der Waals surface area (Å²) in [6.45, 7) is 1.46. The molecular weight excluding hydrogens is 226 g/mol. The highest BCUT2D eigenvalue weighted by atomic mass is 16.5. The maximum absolute atomic E-state index is 12.1. The first-order valence-corrected chi connectivity index (χ1v) is 6.59. The van der Waals surface area contributed by atoms with Crippen molar-refractivity contribution in [2.24, 2.45) is 0 Å². The number of amides is 1. The molecule has 4 aliphatic rings. The summed E-state index contributed by atoms with van der Waals surface area (Å²) in [7, 11) is 0. The van der Waals surface area contributed by atoms with E-state index in [-0.39, 0.29) is 12.0 Å². The first-order chi connectivity index (χ1) is 8.83. The summed E-state index contributed by atoms with van der Waals surface area (Å²) >= 11 is 0. The molecule has 18 heavy (non-hydrogen) atoms. The monoisotopic (exact) mass is 241 g/mol. The van der Waals surface area contributed by atoms with Gasteiger partial charge >= 0.3 is 0 Å². The third-order valence-electron chi connectivity index (χ3n) is 4.03. The zero-order valence-corrected chi connectivity index (χ0v) is 10.2. The summed E-state index contributed by atoms with van der Waals surface area (Å²) in [6.07, 6.45) is 9.66. The van der Waals surface area contributed by atoms with E-state index in [1.54, 1.807) is 0 Å². The Labute approximate surface area is 106 Å². The smallest absolute Gasteiger partial charge is 0.252 e. The lowest BCUT2D eigenvalue weighted by Crippen LogP contribution is -2.32. The van der Waals surface area contributed by atoms with Crippen molar-refractivity contribution in [3.05, 3.63) is 46.1 Å². The highest BCUT2D eigenvalue weighted by Crippen LogP contribution is 2.51. The predicted octanol–water partition coefficient (Wildman–Crippen LogP) is 1.79. The average molecular weight is 241 g/mol. The van der Waals surface area contributed by atoms with Crippen molar-refractivity contribution in [2.75, 3.05) is 13.2 Å². The van der Waals surface area contributed by atoms with Crippen molar-refractivity contribution < 1.29 is 9.53 Å². The molecule has 1 saturated carbocycles. The molecule has 4 rings (SSSR count). The molecule has 0 radical (unpaired) electrons. The maximum atomic E-state index is 12.1. The molecule has 92 valence electrons. The second-order valence-corrected chi connectivity index (χ2v) is 5.24. The Hall–Kier alpha value is -1.61. The van der Waals surface area contributed by atoms with Crippen molar-refractivity contribution in [3.8, 4) is 0 Å². The number of rotatable bonds is 3. The van der Waals surface area contributed by atoms with Gasteiger partial charge in [0.25, 0.3) is 5.91 Å². The summed E-state index contributed by atoms with van der Waals surface area (Å²) in [5.74, 6) is 0.0329. The van der Waals surface area contributed by atoms with Crippen LogP contribution in [0.1, 0.15) is 19.3 Å². The molecule has 2 fully saturated rings. The van der Waals surface area contributed by atoms with Crippen LogP contribution in [0.2, 0.25) is 0 Å². The molecule has 3 nitrogen and oxygen atoms in total. The summed E-state index contributed by atoms with van der Waals surface area (Å²) in [6, 6.07) is 0. The van der Waals surface area contributed by atoms with Crippen LogP contribution in [0.4, 0.5) is 0 Å². The van der Waals surface area contributed by atoms with Crippen LogP contribution in [0.5, 0.6) is 0 Å². The number of hydrogen-bond donors (Lipinski definition) is 1. The van der Waals surface area contributed by atoms with E-state index in [4.69, 9.17) is 4.74 Å². The van der Waals surface area contributed by atoms with Gasteiger partial charge in [-0.2, -0.15) is 0 Å². The van der Waals surface area contributed by atoms with Crippen molar-refractivity contribution in [1.82, 2.24) is 5.32 Å². The van der Waals surface area contributed by atoms with Crippen molar-refractivity contribution in [1.29, 1.82) is 0 Å². The molecule has 0 unspecified atom stereocenters. The molecule has 3 aliphatic carbocycles. The maximum Gasteiger partial charge on any atom is 0.252 e. The van der Waals surface area contributed by atoms with Gasteiger partial charge in [0.1, 0.15) is 0 Å². The van der Waals surface area contributed by atoms with Gasteiger partial charge in [-0.25, -0.2) is 0 Å². The SMILES string of the molecule is O=C(NC[C@@H]1CCCO1)C1=C2C=C3CC3=C2C=C1. The molecule has 1 heterocycles. The fourth-order valence-electron chi connectivity index (χ4n) is 2.94. The lowest BCUT2D eigenvalue weighted by Gasteiger charge is -2.11. The Balaban J connectivity index is 1.46. The first-order valence-electron chi connectivity index (χ1n) is 6.59. The first kappa shape index (κ1) is 10.3. The van der Waals surface area contributed by atoms with Crippen LogP contribution < -0.4 is 5.32 Å². The zero-order chi connectivity index (χ0) is 12.1. The zero-order valence-electron chi connectivity index (χ0n) is 10.2. The topological polar surface area (TPSA) is 38.3 Å². The van der Waals surface area contributed by atoms with Crippen LogP contribution in [-0.2, 0) is 9.53 Å². The predicted molar refractivity (Wildman–Crippen MR) is 67.9 cm³/mol. The van der Waals surface area contributed by atoms with Crippen LogP contribution in [-0.4, -0.2) is 25.2 Å². The lowest BCUT2D eigenvalue weighted by atomic mass is 10.1. The van der Waals surface area contributed by atoms with E-state index in [0.29, 0.717) is 6.54 Å². The van der Waals surface area contributed by atoms with E-state index < -0.39 is 0 Å². The number of allylic oxidation sites excluding steroid dienone is 6. The van der Waals surface area contributed by atoms with Gasteiger partial charge in [-0.05, 0) is 53.7 Å². The highest BCUT2D eigenvalue weighted by Gasteiger charge is 2.35. The van der Waals surface area contributed by atoms with Gasteiger partial charge in [0, 0.05) is 18.7 Å². The largest absolute Gasteiger partial charge is 0.376 e. The fourth-order valence-corrected chi connectivity index (χ4v) is 2.94. The Bertz CT molecular complexity index is 557. The molecule has 1 N–H and O–H groups in total. The Kier molecular flexibility index (Phi) is 2.12. The van der Waals surface area contributed by atoms with Crippen LogP contribution in [0, 0.1) is 0 Å². The van der Waals surface area contributed by atoms with E-state index >= 15 is 0 Å². The van der Waals surface area contributed by atoms with Gasteiger partial charge in [0.15, 0.2) is 0 Å². The van der Waals surface area contributed by atoms with Crippen molar-refractivity contribution in [2.45, 2.75) is 25.4 Å². The fraction of sp³-hybridized carbons (Fsp3) is 0.400. The van der Waals surface area contributed by atoms with Crippen LogP contribution in [0.25, 0.3) is 0 Å². The summed E-state index contributed by atoms with van der Waals surface area (Å²) in [5.41, 5.74) is 6.05. The summed E-state index contributed by atoms with van der Waals surface area (Å²) in [5, 5.41) is 2.98. The normalized spacial score (nSPS) is 27.6. The molecule has 1 amide bonds. The third-order valence-corrected chi connectivity index (χ3v) is 4.03. The molecule has 0 aromatic carbocycles. The number of carbonyl (C=O) groups is 1. The number of hydrogen-bond acceptors (Lipinski definition) is 2. The highest BCUT2D eigenvalue weighted by molar-refractivity contribution is 6.01. The lowest BCUT2D eigenvalue weighted by molar-refractivity contribution is -0.117. The van der Waals surface area contributed by atoms with Crippen LogP contribution >= 0.6 is 0 Å². The molecule has 1 saturated heterocycles. The van der Waals surface area contributed by atoms with Crippen LogP contribution in [0.3, 0.4) is 0 Å². The van der Waals surface area contributed by atoms with Gasteiger partial charge in [-0.1, -0.05) is 6.08 Å². The number of carbonyl (C=O) groups excluding carboxylic acids is 1. The van der Waals surface area contributed by atoms with Gasteiger partial charge in [0.05, 0.1) is 6.10 Å². The van der Waals surface area contributed by atoms with Crippen LogP contribution in [0.15, 0.2) is 46.1 Å². The Morgan fingerprint density at radius 2 is 2.33 bits per heavy atom. The van der Waals surface area contributed by atoms with Gasteiger partial charge in [0.2, 0.25) is 0 Å². The minimum atomic E-state index is 0.0329. The van der Waals surface area contributed by atoms with E-state index in [2.05, 4.69) is 17.5 Å². The Morgan fingerprint density at radius 1 is 1.39 bits per heavy atom. The Morgan fingerprint density at radius 3 is 3.17 bits per heavy atom. The quantitative estimate of drug-likeness (QED) is 0.818. The molecule has 0 aromatic rings. The van der Waals surface area contributed by atoms with Crippen molar-refractivity contribution >= 4 is 5.91 Å². The minimum absolute atomic E-state index is 0.0329. The number of fused-ring (bicyclic) bond motifs is 2. The van der Waals surface area contributed by atoms with E-state index in [9.17, 15) is 4.79 Å². The number of nitrogens with one attached hydrogen (secondary N) is 1. The van der Waals surface area contributed by atoms with E-state index in [1.165, 1.54) is 16.7 Å².